The number of cyclic esters (lactones) is 1. The lowest BCUT2D eigenvalue weighted by Crippen LogP contribution is -2.10. The first-order valence-corrected chi connectivity index (χ1v) is 10.2. The van der Waals surface area contributed by atoms with Crippen LogP contribution in [0.15, 0.2) is 83.5 Å². The number of hydrogen-bond donors (Lipinski definition) is 0. The number of aliphatic imine (C=N–C) groups is 1. The Hall–Kier alpha value is -4.46. The number of hydrogen-bond acceptors (Lipinski definition) is 7. The number of rotatable bonds is 8. The van der Waals surface area contributed by atoms with Gasteiger partial charge in [-0.3, -0.25) is 10.1 Å². The molecule has 0 saturated heterocycles. The highest BCUT2D eigenvalue weighted by molar-refractivity contribution is 6.12. The summed E-state index contributed by atoms with van der Waals surface area (Å²) in [5.41, 5.74) is 2.01. The minimum atomic E-state index is -0.644. The van der Waals surface area contributed by atoms with Crippen molar-refractivity contribution in [3.8, 4) is 11.5 Å². The number of carbonyl (C=O) groups excluding carboxylic acids is 1. The fourth-order valence-corrected chi connectivity index (χ4v) is 3.10. The normalized spacial score (nSPS) is 14.0. The molecular formula is C25H20N2O6. The van der Waals surface area contributed by atoms with Gasteiger partial charge in [-0.05, 0) is 43.3 Å². The Labute approximate surface area is 189 Å². The van der Waals surface area contributed by atoms with Crippen LogP contribution in [0, 0.1) is 17.0 Å². The Morgan fingerprint density at radius 3 is 2.45 bits per heavy atom. The van der Waals surface area contributed by atoms with Crippen molar-refractivity contribution in [2.45, 2.75) is 6.92 Å². The third-order valence-electron chi connectivity index (χ3n) is 4.77. The molecule has 0 spiro atoms. The summed E-state index contributed by atoms with van der Waals surface area (Å²) >= 11 is 0. The van der Waals surface area contributed by atoms with Crippen LogP contribution in [0.1, 0.15) is 16.7 Å². The zero-order valence-corrected chi connectivity index (χ0v) is 17.8. The molecule has 0 amide bonds. The van der Waals surface area contributed by atoms with E-state index in [0.29, 0.717) is 22.6 Å². The molecule has 1 heterocycles. The summed E-state index contributed by atoms with van der Waals surface area (Å²) in [6.45, 7) is 2.46. The Balaban J connectivity index is 1.53. The first kappa shape index (κ1) is 21.8. The van der Waals surface area contributed by atoms with E-state index >= 15 is 0 Å². The van der Waals surface area contributed by atoms with Gasteiger partial charge in [-0.25, -0.2) is 9.79 Å². The third kappa shape index (κ3) is 5.43. The Bertz CT molecular complexity index is 1230. The molecular weight excluding hydrogens is 424 g/mol. The highest BCUT2D eigenvalue weighted by Gasteiger charge is 2.25. The number of nitro groups is 1. The predicted octanol–water partition coefficient (Wildman–Crippen LogP) is 4.71. The van der Waals surface area contributed by atoms with Crippen molar-refractivity contribution in [3.05, 3.63) is 105 Å². The van der Waals surface area contributed by atoms with Gasteiger partial charge >= 0.3 is 5.97 Å². The van der Waals surface area contributed by atoms with Gasteiger partial charge in [0, 0.05) is 23.3 Å². The molecule has 33 heavy (non-hydrogen) atoms. The first-order chi connectivity index (χ1) is 16.0. The maximum Gasteiger partial charge on any atom is 0.363 e. The van der Waals surface area contributed by atoms with E-state index < -0.39 is 10.9 Å². The third-order valence-corrected chi connectivity index (χ3v) is 4.77. The van der Waals surface area contributed by atoms with Crippen LogP contribution in [-0.2, 0) is 9.53 Å². The quantitative estimate of drug-likeness (QED) is 0.164. The molecule has 0 bridgehead atoms. The summed E-state index contributed by atoms with van der Waals surface area (Å²) in [6.07, 6.45) is 1.42. The average molecular weight is 444 g/mol. The molecule has 0 saturated carbocycles. The maximum absolute atomic E-state index is 12.3. The average Bonchev–Trinajstić information content (AvgIpc) is 3.19. The van der Waals surface area contributed by atoms with Crippen molar-refractivity contribution in [3.63, 3.8) is 0 Å². The summed E-state index contributed by atoms with van der Waals surface area (Å²) in [4.78, 5) is 27.3. The van der Waals surface area contributed by atoms with Crippen molar-refractivity contribution in [1.82, 2.24) is 0 Å². The summed E-state index contributed by atoms with van der Waals surface area (Å²) < 4.78 is 16.7. The van der Waals surface area contributed by atoms with E-state index in [1.165, 1.54) is 24.3 Å². The SMILES string of the molecule is Cc1ccc(OCCOc2ccc([N+](=O)[O-])cc2/C=C2/N=C(c3ccccc3)OC2=O)cc1. The van der Waals surface area contributed by atoms with Crippen molar-refractivity contribution >= 4 is 23.6 Å². The van der Waals surface area contributed by atoms with Crippen LogP contribution in [0.4, 0.5) is 5.69 Å². The molecule has 3 aromatic rings. The predicted molar refractivity (Wildman–Crippen MR) is 122 cm³/mol. The highest BCUT2D eigenvalue weighted by atomic mass is 16.6. The van der Waals surface area contributed by atoms with Crippen molar-refractivity contribution < 1.29 is 23.9 Å². The van der Waals surface area contributed by atoms with Crippen LogP contribution >= 0.6 is 0 Å². The van der Waals surface area contributed by atoms with E-state index in [1.54, 1.807) is 24.3 Å². The second-order valence-electron chi connectivity index (χ2n) is 7.19. The molecule has 0 fully saturated rings. The van der Waals surface area contributed by atoms with E-state index in [-0.39, 0.29) is 30.5 Å². The maximum atomic E-state index is 12.3. The minimum absolute atomic E-state index is 0.0232. The molecule has 0 unspecified atom stereocenters. The number of nitrogens with zero attached hydrogens (tertiary/aromatic N) is 2. The topological polar surface area (TPSA) is 100 Å². The molecule has 1 aliphatic rings. The van der Waals surface area contributed by atoms with Gasteiger partial charge in [0.15, 0.2) is 5.70 Å². The zero-order valence-electron chi connectivity index (χ0n) is 17.8. The molecule has 3 aromatic carbocycles. The first-order valence-electron chi connectivity index (χ1n) is 10.2. The smallest absolute Gasteiger partial charge is 0.363 e. The summed E-state index contributed by atoms with van der Waals surface area (Å²) in [7, 11) is 0. The lowest BCUT2D eigenvalue weighted by molar-refractivity contribution is -0.384. The van der Waals surface area contributed by atoms with E-state index in [9.17, 15) is 14.9 Å². The molecule has 1 aliphatic heterocycles. The second kappa shape index (κ2) is 9.78. The monoisotopic (exact) mass is 444 g/mol. The summed E-state index contributed by atoms with van der Waals surface area (Å²) in [6, 6.07) is 20.8. The molecule has 166 valence electrons. The van der Waals surface area contributed by atoms with Crippen molar-refractivity contribution in [2.24, 2.45) is 4.99 Å². The van der Waals surface area contributed by atoms with Gasteiger partial charge in [-0.15, -0.1) is 0 Å². The standard InChI is InChI=1S/C25H20N2O6/c1-17-7-10-21(11-8-17)31-13-14-32-23-12-9-20(27(29)30)15-19(23)16-22-25(28)33-24(26-22)18-5-3-2-4-6-18/h2-12,15-16H,13-14H2,1H3/b22-16+. The van der Waals surface area contributed by atoms with Gasteiger partial charge in [-0.1, -0.05) is 35.9 Å². The van der Waals surface area contributed by atoms with Crippen LogP contribution in [0.5, 0.6) is 11.5 Å². The van der Waals surface area contributed by atoms with Crippen LogP contribution in [0.3, 0.4) is 0 Å². The molecule has 8 heteroatoms. The van der Waals surface area contributed by atoms with Crippen molar-refractivity contribution in [1.29, 1.82) is 0 Å². The molecule has 0 radical (unpaired) electrons. The van der Waals surface area contributed by atoms with Crippen LogP contribution in [-0.4, -0.2) is 30.0 Å². The number of nitro benzene ring substituents is 1. The molecule has 0 aromatic heterocycles. The van der Waals surface area contributed by atoms with Gasteiger partial charge in [0.2, 0.25) is 5.90 Å². The number of non-ortho nitro benzene ring substituents is 1. The zero-order chi connectivity index (χ0) is 23.2. The van der Waals surface area contributed by atoms with E-state index in [1.807, 2.05) is 37.3 Å². The number of ether oxygens (including phenoxy) is 3. The summed E-state index contributed by atoms with van der Waals surface area (Å²) in [5.74, 6) is 0.601. The van der Waals surface area contributed by atoms with Gasteiger partial charge in [0.05, 0.1) is 4.92 Å². The lowest BCUT2D eigenvalue weighted by Gasteiger charge is -2.11. The number of benzene rings is 3. The van der Waals surface area contributed by atoms with E-state index in [4.69, 9.17) is 14.2 Å². The van der Waals surface area contributed by atoms with Gasteiger partial charge in [0.1, 0.15) is 24.7 Å². The largest absolute Gasteiger partial charge is 0.490 e. The highest BCUT2D eigenvalue weighted by Crippen LogP contribution is 2.28. The summed E-state index contributed by atoms with van der Waals surface area (Å²) in [5, 5.41) is 11.2. The van der Waals surface area contributed by atoms with Gasteiger partial charge in [0.25, 0.3) is 5.69 Å². The number of carbonyl (C=O) groups is 1. The molecule has 0 atom stereocenters. The van der Waals surface area contributed by atoms with Gasteiger partial charge < -0.3 is 14.2 Å². The van der Waals surface area contributed by atoms with Crippen LogP contribution in [0.2, 0.25) is 0 Å². The fourth-order valence-electron chi connectivity index (χ4n) is 3.10. The lowest BCUT2D eigenvalue weighted by atomic mass is 10.1. The minimum Gasteiger partial charge on any atom is -0.490 e. The second-order valence-corrected chi connectivity index (χ2v) is 7.19. The molecule has 0 N–H and O–H groups in total. The molecule has 8 nitrogen and oxygen atoms in total. The Morgan fingerprint density at radius 2 is 1.73 bits per heavy atom. The van der Waals surface area contributed by atoms with Gasteiger partial charge in [-0.2, -0.15) is 0 Å². The van der Waals surface area contributed by atoms with Crippen molar-refractivity contribution in [2.75, 3.05) is 13.2 Å². The Kier molecular flexibility index (Phi) is 6.45. The fraction of sp³-hybridized carbons (Fsp3) is 0.120. The van der Waals surface area contributed by atoms with E-state index in [2.05, 4.69) is 4.99 Å². The van der Waals surface area contributed by atoms with Crippen LogP contribution < -0.4 is 9.47 Å². The number of aryl methyl sites for hydroxylation is 1. The van der Waals surface area contributed by atoms with E-state index in [0.717, 1.165) is 5.56 Å². The molecule has 0 aliphatic carbocycles. The number of esters is 1. The van der Waals surface area contributed by atoms with Crippen LogP contribution in [0.25, 0.3) is 6.08 Å². The Morgan fingerprint density at radius 1 is 1.00 bits per heavy atom. The molecule has 4 rings (SSSR count).